The minimum Gasteiger partial charge on any atom is -0.294 e. The largest absolute Gasteiger partial charge is 0.294 e. The molecular weight excluding hydrogens is 252 g/mol. The highest BCUT2D eigenvalue weighted by Crippen LogP contribution is 2.18. The standard InChI is InChI=1S/C9H9F2N3O2S/c1-17(15,16)9-13-6-3-2-4-12-8(6)14(9)5-7(10)11/h2-4,7H,5H2,1H3. The third-order valence-electron chi connectivity index (χ3n) is 2.12. The van der Waals surface area contributed by atoms with Gasteiger partial charge in [0.25, 0.3) is 6.43 Å². The summed E-state index contributed by atoms with van der Waals surface area (Å²) in [6, 6.07) is 3.09. The Kier molecular flexibility index (Phi) is 2.82. The van der Waals surface area contributed by atoms with Crippen LogP contribution in [0.1, 0.15) is 0 Å². The van der Waals surface area contributed by atoms with Crippen molar-refractivity contribution in [2.24, 2.45) is 0 Å². The van der Waals surface area contributed by atoms with Crippen LogP contribution in [0.4, 0.5) is 8.78 Å². The topological polar surface area (TPSA) is 64.8 Å². The Morgan fingerprint density at radius 3 is 2.76 bits per heavy atom. The van der Waals surface area contributed by atoms with Crippen LogP contribution in [0.3, 0.4) is 0 Å². The molecule has 0 saturated heterocycles. The van der Waals surface area contributed by atoms with Gasteiger partial charge in [-0.25, -0.2) is 27.2 Å². The van der Waals surface area contributed by atoms with Crippen LogP contribution >= 0.6 is 0 Å². The van der Waals surface area contributed by atoms with Crippen LogP contribution in [0.5, 0.6) is 0 Å². The smallest absolute Gasteiger partial charge is 0.256 e. The maximum atomic E-state index is 12.4. The molecule has 0 fully saturated rings. The molecule has 2 aromatic heterocycles. The third kappa shape index (κ3) is 2.26. The lowest BCUT2D eigenvalue weighted by Gasteiger charge is -2.05. The van der Waals surface area contributed by atoms with Gasteiger partial charge < -0.3 is 0 Å². The number of fused-ring (bicyclic) bond motifs is 1. The van der Waals surface area contributed by atoms with Crippen molar-refractivity contribution >= 4 is 21.0 Å². The number of aromatic nitrogens is 3. The first-order chi connectivity index (χ1) is 7.89. The van der Waals surface area contributed by atoms with E-state index < -0.39 is 22.8 Å². The van der Waals surface area contributed by atoms with E-state index in [1.54, 1.807) is 6.07 Å². The first kappa shape index (κ1) is 11.9. The molecule has 0 N–H and O–H groups in total. The summed E-state index contributed by atoms with van der Waals surface area (Å²) in [5.74, 6) is 0. The van der Waals surface area contributed by atoms with Crippen molar-refractivity contribution in [1.82, 2.24) is 14.5 Å². The minimum atomic E-state index is -3.66. The molecule has 0 atom stereocenters. The fourth-order valence-electron chi connectivity index (χ4n) is 1.52. The van der Waals surface area contributed by atoms with E-state index in [2.05, 4.69) is 9.97 Å². The summed E-state index contributed by atoms with van der Waals surface area (Å²) in [4.78, 5) is 7.69. The van der Waals surface area contributed by atoms with Gasteiger partial charge >= 0.3 is 0 Å². The van der Waals surface area contributed by atoms with Crippen molar-refractivity contribution in [3.63, 3.8) is 0 Å². The van der Waals surface area contributed by atoms with Crippen LogP contribution in [-0.4, -0.2) is 35.6 Å². The predicted octanol–water partition coefficient (Wildman–Crippen LogP) is 1.10. The monoisotopic (exact) mass is 261 g/mol. The second-order valence-electron chi connectivity index (χ2n) is 3.51. The maximum Gasteiger partial charge on any atom is 0.256 e. The zero-order valence-corrected chi connectivity index (χ0v) is 9.66. The van der Waals surface area contributed by atoms with E-state index >= 15 is 0 Å². The summed E-state index contributed by atoms with van der Waals surface area (Å²) in [5.41, 5.74) is 0.432. The molecule has 0 saturated carbocycles. The second kappa shape index (κ2) is 4.02. The van der Waals surface area contributed by atoms with E-state index in [1.807, 2.05) is 0 Å². The van der Waals surface area contributed by atoms with Crippen LogP contribution in [0, 0.1) is 0 Å². The highest BCUT2D eigenvalue weighted by Gasteiger charge is 2.21. The normalized spacial score (nSPS) is 12.5. The van der Waals surface area contributed by atoms with Crippen molar-refractivity contribution < 1.29 is 17.2 Å². The van der Waals surface area contributed by atoms with Crippen LogP contribution < -0.4 is 0 Å². The summed E-state index contributed by atoms with van der Waals surface area (Å²) >= 11 is 0. The molecule has 2 aromatic rings. The lowest BCUT2D eigenvalue weighted by Crippen LogP contribution is -2.14. The van der Waals surface area contributed by atoms with Crippen molar-refractivity contribution in [3.8, 4) is 0 Å². The second-order valence-corrected chi connectivity index (χ2v) is 5.42. The number of sulfone groups is 1. The van der Waals surface area contributed by atoms with Gasteiger partial charge in [-0.15, -0.1) is 0 Å². The molecule has 2 heterocycles. The Morgan fingerprint density at radius 2 is 2.18 bits per heavy atom. The van der Waals surface area contributed by atoms with Gasteiger partial charge in [0.1, 0.15) is 5.52 Å². The fourth-order valence-corrected chi connectivity index (χ4v) is 2.35. The molecular formula is C9H9F2N3O2S. The van der Waals surface area contributed by atoms with Crippen molar-refractivity contribution in [2.75, 3.05) is 6.26 Å². The van der Waals surface area contributed by atoms with Crippen LogP contribution in [0.2, 0.25) is 0 Å². The first-order valence-electron chi connectivity index (χ1n) is 4.69. The average Bonchev–Trinajstić information content (AvgIpc) is 2.56. The molecule has 0 unspecified atom stereocenters. The fraction of sp³-hybridized carbons (Fsp3) is 0.333. The van der Waals surface area contributed by atoms with Gasteiger partial charge in [0, 0.05) is 12.5 Å². The highest BCUT2D eigenvalue weighted by atomic mass is 32.2. The Hall–Kier alpha value is -1.57. The quantitative estimate of drug-likeness (QED) is 0.830. The summed E-state index contributed by atoms with van der Waals surface area (Å²) < 4.78 is 48.7. The number of pyridine rings is 1. The molecule has 0 aliphatic heterocycles. The number of halogens is 2. The number of rotatable bonds is 3. The Morgan fingerprint density at radius 1 is 1.47 bits per heavy atom. The molecule has 5 nitrogen and oxygen atoms in total. The summed E-state index contributed by atoms with van der Waals surface area (Å²) in [6.07, 6.45) is -0.344. The van der Waals surface area contributed by atoms with E-state index in [-0.39, 0.29) is 16.3 Å². The molecule has 8 heteroatoms. The Labute approximate surface area is 96.0 Å². The number of imidazole rings is 1. The Balaban J connectivity index is 2.74. The molecule has 0 spiro atoms. The van der Waals surface area contributed by atoms with Crippen LogP contribution in [0.15, 0.2) is 23.5 Å². The van der Waals surface area contributed by atoms with Gasteiger partial charge in [-0.05, 0) is 12.1 Å². The SMILES string of the molecule is CS(=O)(=O)c1nc2cccnc2n1CC(F)F. The van der Waals surface area contributed by atoms with E-state index in [4.69, 9.17) is 0 Å². The molecule has 0 aliphatic carbocycles. The van der Waals surface area contributed by atoms with Gasteiger partial charge in [-0.3, -0.25) is 4.57 Å². The van der Waals surface area contributed by atoms with Gasteiger partial charge in [0.15, 0.2) is 5.65 Å². The van der Waals surface area contributed by atoms with E-state index in [0.29, 0.717) is 0 Å². The van der Waals surface area contributed by atoms with Crippen molar-refractivity contribution in [1.29, 1.82) is 0 Å². The molecule has 0 radical (unpaired) electrons. The molecule has 92 valence electrons. The van der Waals surface area contributed by atoms with Crippen molar-refractivity contribution in [3.05, 3.63) is 18.3 Å². The third-order valence-corrected chi connectivity index (χ3v) is 3.10. The van der Waals surface area contributed by atoms with E-state index in [1.165, 1.54) is 12.3 Å². The van der Waals surface area contributed by atoms with E-state index in [0.717, 1.165) is 10.8 Å². The van der Waals surface area contributed by atoms with Gasteiger partial charge in [-0.1, -0.05) is 0 Å². The number of hydrogen-bond donors (Lipinski definition) is 0. The number of nitrogens with zero attached hydrogens (tertiary/aromatic N) is 3. The molecule has 0 amide bonds. The van der Waals surface area contributed by atoms with Gasteiger partial charge in [0.2, 0.25) is 15.0 Å². The summed E-state index contributed by atoms with van der Waals surface area (Å²) in [5, 5.41) is -0.383. The highest BCUT2D eigenvalue weighted by molar-refractivity contribution is 7.90. The Bertz CT molecular complexity index is 651. The number of alkyl halides is 2. The van der Waals surface area contributed by atoms with Crippen molar-refractivity contribution in [2.45, 2.75) is 18.1 Å². The lowest BCUT2D eigenvalue weighted by atomic mass is 10.4. The first-order valence-corrected chi connectivity index (χ1v) is 6.58. The minimum absolute atomic E-state index is 0.147. The lowest BCUT2D eigenvalue weighted by molar-refractivity contribution is 0.124. The van der Waals surface area contributed by atoms with Crippen LogP contribution in [0.25, 0.3) is 11.2 Å². The molecule has 17 heavy (non-hydrogen) atoms. The van der Waals surface area contributed by atoms with Gasteiger partial charge in [-0.2, -0.15) is 0 Å². The van der Waals surface area contributed by atoms with Crippen LogP contribution in [-0.2, 0) is 16.4 Å². The summed E-state index contributed by atoms with van der Waals surface area (Å²) in [6.45, 7) is -0.740. The molecule has 2 rings (SSSR count). The number of hydrogen-bond acceptors (Lipinski definition) is 4. The zero-order chi connectivity index (χ0) is 12.6. The maximum absolute atomic E-state index is 12.4. The summed E-state index contributed by atoms with van der Waals surface area (Å²) in [7, 11) is -3.66. The average molecular weight is 261 g/mol. The van der Waals surface area contributed by atoms with E-state index in [9.17, 15) is 17.2 Å². The predicted molar refractivity (Wildman–Crippen MR) is 56.6 cm³/mol. The van der Waals surface area contributed by atoms with Gasteiger partial charge in [0.05, 0.1) is 6.54 Å². The zero-order valence-electron chi connectivity index (χ0n) is 8.84. The molecule has 0 aliphatic rings. The molecule has 0 bridgehead atoms. The molecule has 0 aromatic carbocycles.